The highest BCUT2D eigenvalue weighted by Crippen LogP contribution is 2.35. The number of nitrogens with two attached hydrogens (primary N) is 1. The molecule has 1 atom stereocenters. The number of nitrogens with one attached hydrogen (secondary N) is 1. The molecule has 1 unspecified atom stereocenters. The molecule has 0 saturated carbocycles. The van der Waals surface area contributed by atoms with Crippen LogP contribution in [0.25, 0.3) is 0 Å². The highest BCUT2D eigenvalue weighted by atomic mass is 127. The lowest BCUT2D eigenvalue weighted by Gasteiger charge is -2.11. The maximum absolute atomic E-state index is 6.05. The number of benzene rings is 2. The standard InChI is InChI=1S/C20H25N3O2.HI/c1-12-5-13(2)7-17(6-12)23-20(21)22-11-16-10-19-15(8-14(3)25-19)9-18(16)24-4;/h5-7,9-10,14H,8,11H2,1-4H3,(H3,21,22,23);1H. The molecule has 26 heavy (non-hydrogen) atoms. The lowest BCUT2D eigenvalue weighted by molar-refractivity contribution is 0.254. The smallest absolute Gasteiger partial charge is 0.193 e. The van der Waals surface area contributed by atoms with Crippen molar-refractivity contribution < 1.29 is 9.47 Å². The van der Waals surface area contributed by atoms with E-state index in [-0.39, 0.29) is 30.1 Å². The molecule has 0 saturated heterocycles. The molecule has 3 rings (SSSR count). The van der Waals surface area contributed by atoms with Gasteiger partial charge < -0.3 is 20.5 Å². The molecule has 3 N–H and O–H groups in total. The summed E-state index contributed by atoms with van der Waals surface area (Å²) in [7, 11) is 1.67. The molecule has 0 spiro atoms. The molecular weight excluding hydrogens is 441 g/mol. The first-order chi connectivity index (χ1) is 11.9. The van der Waals surface area contributed by atoms with Crippen LogP contribution in [0.3, 0.4) is 0 Å². The summed E-state index contributed by atoms with van der Waals surface area (Å²) in [6.07, 6.45) is 1.11. The Balaban J connectivity index is 0.00000243. The molecule has 0 radical (unpaired) electrons. The quantitative estimate of drug-likeness (QED) is 0.402. The Hall–Kier alpha value is -1.96. The first-order valence-electron chi connectivity index (χ1n) is 8.46. The summed E-state index contributed by atoms with van der Waals surface area (Å²) in [5.74, 6) is 2.11. The fourth-order valence-electron chi connectivity index (χ4n) is 3.20. The topological polar surface area (TPSA) is 68.9 Å². The summed E-state index contributed by atoms with van der Waals surface area (Å²) in [6, 6.07) is 10.2. The zero-order valence-electron chi connectivity index (χ0n) is 15.6. The van der Waals surface area contributed by atoms with Gasteiger partial charge in [0, 0.05) is 23.2 Å². The van der Waals surface area contributed by atoms with E-state index in [1.807, 2.05) is 24.3 Å². The van der Waals surface area contributed by atoms with Crippen LogP contribution in [-0.2, 0) is 13.0 Å². The number of aliphatic imine (C=N–C) groups is 1. The second-order valence-electron chi connectivity index (χ2n) is 6.61. The van der Waals surface area contributed by atoms with Crippen LogP contribution in [0.5, 0.6) is 11.5 Å². The van der Waals surface area contributed by atoms with E-state index in [0.29, 0.717) is 12.5 Å². The predicted octanol–water partition coefficient (Wildman–Crippen LogP) is 4.18. The molecule has 1 heterocycles. The van der Waals surface area contributed by atoms with Crippen molar-refractivity contribution in [3.8, 4) is 11.5 Å². The number of guanidine groups is 1. The molecular formula is C20H26IN3O2. The maximum atomic E-state index is 6.05. The number of ether oxygens (including phenoxy) is 2. The lowest BCUT2D eigenvalue weighted by Crippen LogP contribution is -2.22. The molecule has 0 aliphatic carbocycles. The van der Waals surface area contributed by atoms with E-state index >= 15 is 0 Å². The Morgan fingerprint density at radius 1 is 1.23 bits per heavy atom. The van der Waals surface area contributed by atoms with Gasteiger partial charge >= 0.3 is 0 Å². The second-order valence-corrected chi connectivity index (χ2v) is 6.61. The Bertz CT molecular complexity index is 801. The SMILES string of the molecule is COc1cc2c(cc1CN=C(N)Nc1cc(C)cc(C)c1)OC(C)C2.I. The Morgan fingerprint density at radius 2 is 1.92 bits per heavy atom. The number of halogens is 1. The fraction of sp³-hybridized carbons (Fsp3) is 0.350. The lowest BCUT2D eigenvalue weighted by atomic mass is 10.1. The van der Waals surface area contributed by atoms with Crippen LogP contribution < -0.4 is 20.5 Å². The van der Waals surface area contributed by atoms with E-state index in [0.717, 1.165) is 29.2 Å². The van der Waals surface area contributed by atoms with Crippen molar-refractivity contribution in [2.45, 2.75) is 39.8 Å². The molecule has 1 aliphatic rings. The number of methoxy groups -OCH3 is 1. The zero-order chi connectivity index (χ0) is 18.0. The van der Waals surface area contributed by atoms with Gasteiger partial charge in [-0.2, -0.15) is 0 Å². The van der Waals surface area contributed by atoms with Crippen molar-refractivity contribution in [3.63, 3.8) is 0 Å². The minimum atomic E-state index is 0. The van der Waals surface area contributed by atoms with Crippen LogP contribution in [0, 0.1) is 13.8 Å². The highest BCUT2D eigenvalue weighted by molar-refractivity contribution is 14.0. The van der Waals surface area contributed by atoms with Crippen molar-refractivity contribution in [2.24, 2.45) is 10.7 Å². The number of fused-ring (bicyclic) bond motifs is 1. The molecule has 2 aromatic rings. The average Bonchev–Trinajstić information content (AvgIpc) is 2.89. The highest BCUT2D eigenvalue weighted by Gasteiger charge is 2.21. The minimum absolute atomic E-state index is 0. The van der Waals surface area contributed by atoms with Crippen molar-refractivity contribution in [3.05, 3.63) is 52.6 Å². The van der Waals surface area contributed by atoms with E-state index < -0.39 is 0 Å². The third kappa shape index (κ3) is 4.81. The van der Waals surface area contributed by atoms with Gasteiger partial charge in [0.15, 0.2) is 5.96 Å². The van der Waals surface area contributed by atoms with Crippen molar-refractivity contribution in [1.82, 2.24) is 0 Å². The zero-order valence-corrected chi connectivity index (χ0v) is 18.0. The number of anilines is 1. The normalized spacial score (nSPS) is 15.7. The minimum Gasteiger partial charge on any atom is -0.496 e. The van der Waals surface area contributed by atoms with Gasteiger partial charge in [0.1, 0.15) is 17.6 Å². The van der Waals surface area contributed by atoms with Crippen LogP contribution in [0.1, 0.15) is 29.2 Å². The first-order valence-corrected chi connectivity index (χ1v) is 8.46. The molecule has 0 amide bonds. The van der Waals surface area contributed by atoms with Gasteiger partial charge in [0.05, 0.1) is 13.7 Å². The largest absolute Gasteiger partial charge is 0.496 e. The van der Waals surface area contributed by atoms with Gasteiger partial charge in [-0.1, -0.05) is 6.07 Å². The molecule has 0 aromatic heterocycles. The Morgan fingerprint density at radius 3 is 2.58 bits per heavy atom. The van der Waals surface area contributed by atoms with E-state index in [4.69, 9.17) is 15.2 Å². The second kappa shape index (κ2) is 8.62. The summed E-state index contributed by atoms with van der Waals surface area (Å²) >= 11 is 0. The Labute approximate surface area is 172 Å². The fourth-order valence-corrected chi connectivity index (χ4v) is 3.20. The molecule has 0 fully saturated rings. The van der Waals surface area contributed by atoms with Crippen LogP contribution in [0.4, 0.5) is 5.69 Å². The van der Waals surface area contributed by atoms with Crippen molar-refractivity contribution in [1.29, 1.82) is 0 Å². The number of hydrogen-bond acceptors (Lipinski definition) is 3. The first kappa shape index (κ1) is 20.4. The summed E-state index contributed by atoms with van der Waals surface area (Å²) < 4.78 is 11.3. The van der Waals surface area contributed by atoms with Crippen molar-refractivity contribution >= 4 is 35.6 Å². The molecule has 1 aliphatic heterocycles. The molecule has 140 valence electrons. The number of nitrogens with zero attached hydrogens (tertiary/aromatic N) is 1. The Kier molecular flexibility index (Phi) is 6.75. The van der Waals surface area contributed by atoms with Gasteiger partial charge in [-0.15, -0.1) is 24.0 Å². The van der Waals surface area contributed by atoms with E-state index in [1.54, 1.807) is 7.11 Å². The molecule has 6 heteroatoms. The summed E-state index contributed by atoms with van der Waals surface area (Å²) in [6.45, 7) is 6.61. The van der Waals surface area contributed by atoms with Gasteiger partial charge in [-0.3, -0.25) is 0 Å². The molecule has 5 nitrogen and oxygen atoms in total. The van der Waals surface area contributed by atoms with Gasteiger partial charge in [0.2, 0.25) is 0 Å². The van der Waals surface area contributed by atoms with E-state index in [2.05, 4.69) is 37.1 Å². The average molecular weight is 467 g/mol. The maximum Gasteiger partial charge on any atom is 0.193 e. The van der Waals surface area contributed by atoms with Crippen LogP contribution in [-0.4, -0.2) is 19.2 Å². The summed E-state index contributed by atoms with van der Waals surface area (Å²) in [4.78, 5) is 4.45. The molecule has 0 bridgehead atoms. The number of hydrogen-bond donors (Lipinski definition) is 2. The van der Waals surface area contributed by atoms with Crippen LogP contribution in [0.15, 0.2) is 35.3 Å². The van der Waals surface area contributed by atoms with Crippen LogP contribution >= 0.6 is 24.0 Å². The number of rotatable bonds is 4. The van der Waals surface area contributed by atoms with Gasteiger partial charge in [-0.25, -0.2) is 4.99 Å². The summed E-state index contributed by atoms with van der Waals surface area (Å²) in [5.41, 5.74) is 11.5. The third-order valence-electron chi connectivity index (χ3n) is 4.21. The number of aryl methyl sites for hydroxylation is 2. The van der Waals surface area contributed by atoms with Gasteiger partial charge in [0.25, 0.3) is 0 Å². The third-order valence-corrected chi connectivity index (χ3v) is 4.21. The van der Waals surface area contributed by atoms with E-state index in [9.17, 15) is 0 Å². The van der Waals surface area contributed by atoms with Gasteiger partial charge in [-0.05, 0) is 56.2 Å². The summed E-state index contributed by atoms with van der Waals surface area (Å²) in [5, 5.41) is 3.15. The van der Waals surface area contributed by atoms with E-state index in [1.165, 1.54) is 16.7 Å². The predicted molar refractivity (Wildman–Crippen MR) is 117 cm³/mol. The molecule has 2 aromatic carbocycles. The van der Waals surface area contributed by atoms with Crippen LogP contribution in [0.2, 0.25) is 0 Å². The van der Waals surface area contributed by atoms with Crippen molar-refractivity contribution in [2.75, 3.05) is 12.4 Å². The monoisotopic (exact) mass is 467 g/mol.